The molecule has 102 valence electrons. The fraction of sp³-hybridized carbons (Fsp3) is 1.00. The lowest BCUT2D eigenvalue weighted by atomic mass is 9.82. The van der Waals surface area contributed by atoms with Crippen molar-refractivity contribution >= 4 is 12.6 Å². The molecule has 0 heterocycles. The van der Waals surface area contributed by atoms with Crippen LogP contribution >= 0.6 is 12.6 Å². The van der Waals surface area contributed by atoms with Gasteiger partial charge in [-0.3, -0.25) is 0 Å². The van der Waals surface area contributed by atoms with E-state index in [1.54, 1.807) is 0 Å². The zero-order valence-corrected chi connectivity index (χ0v) is 12.9. The Kier molecular flexibility index (Phi) is 6.94. The molecule has 1 fully saturated rings. The van der Waals surface area contributed by atoms with Gasteiger partial charge in [0, 0.05) is 12.6 Å². The molecule has 0 radical (unpaired) electrons. The molecule has 0 aliphatic heterocycles. The molecular formula is C15H31NS. The lowest BCUT2D eigenvalue weighted by molar-refractivity contribution is 0.0985. The van der Waals surface area contributed by atoms with Crippen LogP contribution in [-0.2, 0) is 0 Å². The Hall–Kier alpha value is 0.310. The second-order valence-electron chi connectivity index (χ2n) is 5.72. The highest BCUT2D eigenvalue weighted by molar-refractivity contribution is 7.80. The second-order valence-corrected chi connectivity index (χ2v) is 6.04. The molecule has 0 amide bonds. The van der Waals surface area contributed by atoms with Gasteiger partial charge in [0.15, 0.2) is 0 Å². The number of thiol groups is 1. The van der Waals surface area contributed by atoms with Crippen LogP contribution in [0.3, 0.4) is 0 Å². The third-order valence-corrected chi connectivity index (χ3v) is 5.54. The molecule has 0 aromatic heterocycles. The predicted octanol–water partition coefficient (Wildman–Crippen LogP) is 4.38. The first-order valence-corrected chi connectivity index (χ1v) is 8.19. The van der Waals surface area contributed by atoms with Crippen molar-refractivity contribution in [3.63, 3.8) is 0 Å². The molecule has 1 rings (SSSR count). The van der Waals surface area contributed by atoms with Crippen LogP contribution in [0.25, 0.3) is 0 Å². The molecule has 0 bridgehead atoms. The van der Waals surface area contributed by atoms with Gasteiger partial charge in [-0.25, -0.2) is 0 Å². The van der Waals surface area contributed by atoms with Crippen LogP contribution in [-0.4, -0.2) is 29.8 Å². The summed E-state index contributed by atoms with van der Waals surface area (Å²) in [6.07, 6.45) is 9.69. The van der Waals surface area contributed by atoms with E-state index in [1.807, 2.05) is 0 Å². The average Bonchev–Trinajstić information content (AvgIpc) is 2.42. The van der Waals surface area contributed by atoms with Gasteiger partial charge in [-0.05, 0) is 43.4 Å². The lowest BCUT2D eigenvalue weighted by Gasteiger charge is -2.41. The largest absolute Gasteiger partial charge is 0.300 e. The maximum absolute atomic E-state index is 4.61. The van der Waals surface area contributed by atoms with Crippen LogP contribution < -0.4 is 0 Å². The zero-order valence-electron chi connectivity index (χ0n) is 12.0. The van der Waals surface area contributed by atoms with Crippen molar-refractivity contribution in [2.75, 3.05) is 18.8 Å². The number of rotatable bonds is 7. The summed E-state index contributed by atoms with van der Waals surface area (Å²) in [6, 6.07) is 0.853. The van der Waals surface area contributed by atoms with Crippen molar-refractivity contribution < 1.29 is 0 Å². The third kappa shape index (κ3) is 4.17. The van der Waals surface area contributed by atoms with Crippen molar-refractivity contribution in [1.82, 2.24) is 4.90 Å². The van der Waals surface area contributed by atoms with Crippen LogP contribution in [0, 0.1) is 5.41 Å². The van der Waals surface area contributed by atoms with E-state index in [0.29, 0.717) is 5.41 Å². The van der Waals surface area contributed by atoms with Gasteiger partial charge in [0.1, 0.15) is 0 Å². The van der Waals surface area contributed by atoms with E-state index >= 15 is 0 Å². The molecule has 1 aliphatic carbocycles. The summed E-state index contributed by atoms with van der Waals surface area (Å²) in [6.45, 7) is 9.44. The Bertz CT molecular complexity index is 187. The van der Waals surface area contributed by atoms with E-state index in [2.05, 4.69) is 38.3 Å². The Morgan fingerprint density at radius 2 is 1.65 bits per heavy atom. The van der Waals surface area contributed by atoms with Crippen LogP contribution in [0.2, 0.25) is 0 Å². The first kappa shape index (κ1) is 15.4. The third-order valence-electron chi connectivity index (χ3n) is 4.87. The standard InChI is InChI=1S/C15H31NS/c1-4-15(5-2,13-17)12-16(6-3)14-10-8-7-9-11-14/h14,17H,4-13H2,1-3H3. The van der Waals surface area contributed by atoms with Crippen molar-refractivity contribution in [3.05, 3.63) is 0 Å². The lowest BCUT2D eigenvalue weighted by Crippen LogP contribution is -2.44. The summed E-state index contributed by atoms with van der Waals surface area (Å²) in [7, 11) is 0. The summed E-state index contributed by atoms with van der Waals surface area (Å²) in [5.74, 6) is 1.03. The Balaban J connectivity index is 2.59. The molecule has 0 N–H and O–H groups in total. The number of hydrogen-bond donors (Lipinski definition) is 1. The molecule has 0 atom stereocenters. The SMILES string of the molecule is CCN(CC(CC)(CC)CS)C1CCCCC1. The van der Waals surface area contributed by atoms with Crippen molar-refractivity contribution in [1.29, 1.82) is 0 Å². The predicted molar refractivity (Wildman–Crippen MR) is 81.0 cm³/mol. The molecule has 1 aliphatic rings. The molecule has 1 nitrogen and oxygen atoms in total. The monoisotopic (exact) mass is 257 g/mol. The van der Waals surface area contributed by atoms with Crippen LogP contribution in [0.1, 0.15) is 65.7 Å². The van der Waals surface area contributed by atoms with Crippen LogP contribution in [0.5, 0.6) is 0 Å². The highest BCUT2D eigenvalue weighted by Gasteiger charge is 2.30. The fourth-order valence-electron chi connectivity index (χ4n) is 3.12. The van der Waals surface area contributed by atoms with E-state index in [-0.39, 0.29) is 0 Å². The minimum Gasteiger partial charge on any atom is -0.300 e. The second kappa shape index (κ2) is 7.68. The van der Waals surface area contributed by atoms with E-state index in [9.17, 15) is 0 Å². The Morgan fingerprint density at radius 3 is 2.06 bits per heavy atom. The summed E-state index contributed by atoms with van der Waals surface area (Å²) >= 11 is 4.61. The van der Waals surface area contributed by atoms with Crippen molar-refractivity contribution in [3.8, 4) is 0 Å². The minimum atomic E-state index is 0.441. The first-order valence-electron chi connectivity index (χ1n) is 7.56. The highest BCUT2D eigenvalue weighted by atomic mass is 32.1. The summed E-state index contributed by atoms with van der Waals surface area (Å²) in [4.78, 5) is 2.74. The van der Waals surface area contributed by atoms with E-state index < -0.39 is 0 Å². The summed E-state index contributed by atoms with van der Waals surface area (Å²) in [5.41, 5.74) is 0.441. The van der Waals surface area contributed by atoms with Crippen molar-refractivity contribution in [2.24, 2.45) is 5.41 Å². The summed E-state index contributed by atoms with van der Waals surface area (Å²) in [5, 5.41) is 0. The van der Waals surface area contributed by atoms with Gasteiger partial charge in [0.25, 0.3) is 0 Å². The molecular weight excluding hydrogens is 226 g/mol. The van der Waals surface area contributed by atoms with E-state index in [1.165, 1.54) is 58.0 Å². The van der Waals surface area contributed by atoms with Gasteiger partial charge in [0.05, 0.1) is 0 Å². The molecule has 0 saturated heterocycles. The minimum absolute atomic E-state index is 0.441. The first-order chi connectivity index (χ1) is 8.21. The van der Waals surface area contributed by atoms with E-state index in [0.717, 1.165) is 11.8 Å². The van der Waals surface area contributed by atoms with Crippen LogP contribution in [0.15, 0.2) is 0 Å². The van der Waals surface area contributed by atoms with Gasteiger partial charge in [-0.2, -0.15) is 12.6 Å². The quantitative estimate of drug-likeness (QED) is 0.663. The van der Waals surface area contributed by atoms with Gasteiger partial charge in [-0.1, -0.05) is 40.0 Å². The topological polar surface area (TPSA) is 3.24 Å². The number of hydrogen-bond acceptors (Lipinski definition) is 2. The molecule has 2 heteroatoms. The smallest absolute Gasteiger partial charge is 0.00953 e. The number of nitrogens with zero attached hydrogens (tertiary/aromatic N) is 1. The fourth-order valence-corrected chi connectivity index (χ4v) is 3.67. The van der Waals surface area contributed by atoms with E-state index in [4.69, 9.17) is 0 Å². The molecule has 0 unspecified atom stereocenters. The molecule has 0 aromatic rings. The Labute approximate surface area is 114 Å². The van der Waals surface area contributed by atoms with Gasteiger partial charge in [-0.15, -0.1) is 0 Å². The van der Waals surface area contributed by atoms with Gasteiger partial charge < -0.3 is 4.90 Å². The Morgan fingerprint density at radius 1 is 1.06 bits per heavy atom. The van der Waals surface area contributed by atoms with Crippen LogP contribution in [0.4, 0.5) is 0 Å². The average molecular weight is 257 g/mol. The normalized spacial score (nSPS) is 18.9. The highest BCUT2D eigenvalue weighted by Crippen LogP contribution is 2.32. The molecule has 0 spiro atoms. The molecule has 0 aromatic carbocycles. The van der Waals surface area contributed by atoms with Crippen molar-refractivity contribution in [2.45, 2.75) is 71.8 Å². The maximum atomic E-state index is 4.61. The zero-order chi connectivity index (χ0) is 12.7. The molecule has 17 heavy (non-hydrogen) atoms. The summed E-state index contributed by atoms with van der Waals surface area (Å²) < 4.78 is 0. The van der Waals surface area contributed by atoms with Gasteiger partial charge in [0.2, 0.25) is 0 Å². The van der Waals surface area contributed by atoms with Gasteiger partial charge >= 0.3 is 0 Å². The molecule has 1 saturated carbocycles. The maximum Gasteiger partial charge on any atom is 0.00953 e.